The van der Waals surface area contributed by atoms with Crippen LogP contribution in [-0.4, -0.2) is 11.1 Å². The molecule has 0 atom stereocenters. The fraction of sp³-hybridized carbons (Fsp3) is 0.0909. The fourth-order valence-corrected chi connectivity index (χ4v) is 2.22. The van der Waals surface area contributed by atoms with Gasteiger partial charge in [-0.3, -0.25) is 15.6 Å². The monoisotopic (exact) mass is 319 g/mol. The summed E-state index contributed by atoms with van der Waals surface area (Å²) in [5, 5.41) is 4.57. The molecule has 0 unspecified atom stereocenters. The molecule has 0 radical (unpaired) electrons. The lowest BCUT2D eigenvalue weighted by Crippen LogP contribution is -2.29. The second kappa shape index (κ2) is 5.69. The smallest absolute Gasteiger partial charge is 0.308 e. The Morgan fingerprint density at radius 2 is 1.84 bits per heavy atom. The maximum Gasteiger partial charge on any atom is 0.308 e. The van der Waals surface area contributed by atoms with Crippen molar-refractivity contribution in [2.24, 2.45) is 0 Å². The van der Waals surface area contributed by atoms with Crippen molar-refractivity contribution >= 4 is 46.4 Å². The van der Waals surface area contributed by atoms with Crippen LogP contribution in [-0.2, 0) is 0 Å². The van der Waals surface area contributed by atoms with Crippen LogP contribution in [0, 0.1) is 6.92 Å². The largest absolute Gasteiger partial charge is 0.351 e. The van der Waals surface area contributed by atoms with E-state index in [1.54, 1.807) is 6.92 Å². The van der Waals surface area contributed by atoms with E-state index in [0.717, 1.165) is 0 Å². The van der Waals surface area contributed by atoms with Gasteiger partial charge in [0, 0.05) is 11.1 Å². The Kier molecular flexibility index (Phi) is 4.19. The van der Waals surface area contributed by atoms with E-state index in [1.165, 1.54) is 18.2 Å². The van der Waals surface area contributed by atoms with Gasteiger partial charge in [-0.25, -0.2) is 0 Å². The first kappa shape index (κ1) is 14.0. The molecule has 0 bridgehead atoms. The van der Waals surface area contributed by atoms with Gasteiger partial charge in [-0.2, -0.15) is 0 Å². The van der Waals surface area contributed by atoms with Gasteiger partial charge in [-0.15, -0.1) is 0 Å². The van der Waals surface area contributed by atoms with Crippen LogP contribution in [0.3, 0.4) is 0 Å². The first-order valence-corrected chi connectivity index (χ1v) is 6.25. The zero-order chi connectivity index (χ0) is 14.0. The van der Waals surface area contributed by atoms with Crippen molar-refractivity contribution in [1.82, 2.24) is 10.6 Å². The molecular formula is C11H8Cl3N3O2. The normalized spacial score (nSPS) is 10.3. The zero-order valence-corrected chi connectivity index (χ0v) is 11.9. The number of aromatic nitrogens is 1. The molecule has 0 aliphatic heterocycles. The van der Waals surface area contributed by atoms with Gasteiger partial charge in [-0.1, -0.05) is 40.0 Å². The van der Waals surface area contributed by atoms with Crippen molar-refractivity contribution in [2.75, 3.05) is 5.43 Å². The first-order valence-electron chi connectivity index (χ1n) is 5.11. The summed E-state index contributed by atoms with van der Waals surface area (Å²) in [4.78, 5) is 11.7. The second-order valence-electron chi connectivity index (χ2n) is 3.66. The van der Waals surface area contributed by atoms with Crippen molar-refractivity contribution in [3.05, 3.63) is 44.7 Å². The van der Waals surface area contributed by atoms with Crippen LogP contribution < -0.4 is 10.9 Å². The molecule has 1 heterocycles. The van der Waals surface area contributed by atoms with Crippen LogP contribution in [0.1, 0.15) is 16.2 Å². The molecule has 0 aliphatic rings. The van der Waals surface area contributed by atoms with E-state index in [9.17, 15) is 4.79 Å². The Balaban J connectivity index is 2.09. The highest BCUT2D eigenvalue weighted by Gasteiger charge is 2.13. The van der Waals surface area contributed by atoms with Crippen molar-refractivity contribution in [3.8, 4) is 0 Å². The molecule has 1 aromatic carbocycles. The topological polar surface area (TPSA) is 67.2 Å². The van der Waals surface area contributed by atoms with Crippen LogP contribution in [0.5, 0.6) is 0 Å². The standard InChI is InChI=1S/C11H8Cl3N3O2/c1-5-2-9(19-17-5)11(18)16-15-10-7(13)3-6(12)4-8(10)14/h2-4,15H,1H3,(H,16,18). The molecule has 0 saturated heterocycles. The maximum atomic E-state index is 11.7. The van der Waals surface area contributed by atoms with Crippen LogP contribution in [0.25, 0.3) is 0 Å². The molecule has 5 nitrogen and oxygen atoms in total. The van der Waals surface area contributed by atoms with Crippen LogP contribution in [0.4, 0.5) is 5.69 Å². The van der Waals surface area contributed by atoms with Crippen LogP contribution in [0.15, 0.2) is 22.7 Å². The number of rotatable bonds is 3. The third kappa shape index (κ3) is 3.32. The van der Waals surface area contributed by atoms with E-state index >= 15 is 0 Å². The quantitative estimate of drug-likeness (QED) is 0.846. The minimum absolute atomic E-state index is 0.0752. The molecule has 2 aromatic rings. The number of anilines is 1. The Morgan fingerprint density at radius 1 is 1.21 bits per heavy atom. The molecule has 100 valence electrons. The summed E-state index contributed by atoms with van der Waals surface area (Å²) in [5.74, 6) is -0.422. The van der Waals surface area contributed by atoms with E-state index in [2.05, 4.69) is 16.0 Å². The number of aryl methyl sites for hydroxylation is 1. The number of amides is 1. The van der Waals surface area contributed by atoms with Gasteiger partial charge in [0.05, 0.1) is 21.4 Å². The average molecular weight is 321 g/mol. The molecule has 2 rings (SSSR count). The number of hydrogen-bond donors (Lipinski definition) is 2. The molecule has 2 N–H and O–H groups in total. The number of benzene rings is 1. The molecule has 1 aromatic heterocycles. The van der Waals surface area contributed by atoms with Gasteiger partial charge >= 0.3 is 5.91 Å². The number of carbonyl (C=O) groups is 1. The first-order chi connectivity index (χ1) is 8.97. The summed E-state index contributed by atoms with van der Waals surface area (Å²) in [6.07, 6.45) is 0. The van der Waals surface area contributed by atoms with Crippen LogP contribution >= 0.6 is 34.8 Å². The van der Waals surface area contributed by atoms with Gasteiger partial charge in [0.25, 0.3) is 0 Å². The van der Waals surface area contributed by atoms with Gasteiger partial charge in [0.2, 0.25) is 5.76 Å². The van der Waals surface area contributed by atoms with E-state index in [1.807, 2.05) is 0 Å². The lowest BCUT2D eigenvalue weighted by Gasteiger charge is -2.10. The fourth-order valence-electron chi connectivity index (χ4n) is 1.31. The van der Waals surface area contributed by atoms with Crippen molar-refractivity contribution in [3.63, 3.8) is 0 Å². The molecule has 0 aliphatic carbocycles. The van der Waals surface area contributed by atoms with Crippen molar-refractivity contribution in [1.29, 1.82) is 0 Å². The molecule has 8 heteroatoms. The minimum atomic E-state index is -0.498. The lowest BCUT2D eigenvalue weighted by atomic mass is 10.3. The molecule has 1 amide bonds. The third-order valence-electron chi connectivity index (χ3n) is 2.16. The Morgan fingerprint density at radius 3 is 2.37 bits per heavy atom. The Hall–Kier alpha value is -1.43. The van der Waals surface area contributed by atoms with Gasteiger partial charge in [-0.05, 0) is 19.1 Å². The molecule has 0 fully saturated rings. The second-order valence-corrected chi connectivity index (χ2v) is 4.91. The predicted octanol–water partition coefficient (Wildman–Crippen LogP) is 3.70. The Bertz CT molecular complexity index is 604. The Labute approximate surface area is 123 Å². The SMILES string of the molecule is Cc1cc(C(=O)NNc2c(Cl)cc(Cl)cc2Cl)on1. The van der Waals surface area contributed by atoms with Crippen molar-refractivity contribution < 1.29 is 9.32 Å². The predicted molar refractivity (Wildman–Crippen MR) is 73.8 cm³/mol. The van der Waals surface area contributed by atoms with Gasteiger partial charge in [0.1, 0.15) is 0 Å². The average Bonchev–Trinajstić information content (AvgIpc) is 2.74. The van der Waals surface area contributed by atoms with Crippen molar-refractivity contribution in [2.45, 2.75) is 6.92 Å². The zero-order valence-electron chi connectivity index (χ0n) is 9.63. The number of hydrogen-bond acceptors (Lipinski definition) is 4. The van der Waals surface area contributed by atoms with Crippen LogP contribution in [0.2, 0.25) is 15.1 Å². The summed E-state index contributed by atoms with van der Waals surface area (Å²) in [5.41, 5.74) is 5.95. The highest BCUT2D eigenvalue weighted by Crippen LogP contribution is 2.33. The summed E-state index contributed by atoms with van der Waals surface area (Å²) in [7, 11) is 0. The molecule has 19 heavy (non-hydrogen) atoms. The van der Waals surface area contributed by atoms with E-state index in [-0.39, 0.29) is 15.8 Å². The van der Waals surface area contributed by atoms with E-state index in [4.69, 9.17) is 39.3 Å². The van der Waals surface area contributed by atoms with Gasteiger partial charge < -0.3 is 4.52 Å². The third-order valence-corrected chi connectivity index (χ3v) is 2.97. The lowest BCUT2D eigenvalue weighted by molar-refractivity contribution is 0.0926. The van der Waals surface area contributed by atoms with E-state index in [0.29, 0.717) is 16.4 Å². The van der Waals surface area contributed by atoms with E-state index < -0.39 is 5.91 Å². The molecule has 0 spiro atoms. The summed E-state index contributed by atoms with van der Waals surface area (Å²) in [6.45, 7) is 1.71. The van der Waals surface area contributed by atoms with Gasteiger partial charge in [0.15, 0.2) is 0 Å². The number of carbonyl (C=O) groups excluding carboxylic acids is 1. The minimum Gasteiger partial charge on any atom is -0.351 e. The maximum absolute atomic E-state index is 11.7. The number of hydrazine groups is 1. The highest BCUT2D eigenvalue weighted by molar-refractivity contribution is 6.41. The summed E-state index contributed by atoms with van der Waals surface area (Å²) < 4.78 is 4.80. The molecule has 0 saturated carbocycles. The summed E-state index contributed by atoms with van der Waals surface area (Å²) >= 11 is 17.7. The summed E-state index contributed by atoms with van der Waals surface area (Å²) in [6, 6.07) is 4.51. The number of nitrogens with zero attached hydrogens (tertiary/aromatic N) is 1. The molecular weight excluding hydrogens is 312 g/mol. The number of halogens is 3. The highest BCUT2D eigenvalue weighted by atomic mass is 35.5. The number of nitrogens with one attached hydrogen (secondary N) is 2.